The summed E-state index contributed by atoms with van der Waals surface area (Å²) in [5, 5.41) is 7.12. The van der Waals surface area contributed by atoms with Gasteiger partial charge in [0.25, 0.3) is 0 Å². The fourth-order valence-corrected chi connectivity index (χ4v) is 3.84. The van der Waals surface area contributed by atoms with Gasteiger partial charge in [0.1, 0.15) is 5.54 Å². The number of piperazine rings is 1. The second-order valence-corrected chi connectivity index (χ2v) is 7.37. The van der Waals surface area contributed by atoms with Crippen molar-refractivity contribution in [2.75, 3.05) is 44.7 Å². The maximum atomic E-state index is 12.8. The number of hydrogen-bond acceptors (Lipinski definition) is 6. The molecule has 0 atom stereocenters. The van der Waals surface area contributed by atoms with E-state index in [2.05, 4.69) is 33.6 Å². The number of anilines is 1. The second kappa shape index (κ2) is 9.59. The molecule has 2 saturated heterocycles. The summed E-state index contributed by atoms with van der Waals surface area (Å²) in [6, 6.07) is 0. The summed E-state index contributed by atoms with van der Waals surface area (Å²) in [7, 11) is 1.93. The van der Waals surface area contributed by atoms with Gasteiger partial charge in [-0.05, 0) is 31.4 Å². The second-order valence-electron chi connectivity index (χ2n) is 7.37. The monoisotopic (exact) mass is 431 g/mol. The van der Waals surface area contributed by atoms with Crippen LogP contribution in [-0.4, -0.2) is 88.2 Å². The summed E-state index contributed by atoms with van der Waals surface area (Å²) in [5.41, 5.74) is 0.838. The molecule has 0 aromatic carbocycles. The fraction of sp³-hybridized carbons (Fsp3) is 0.684. The summed E-state index contributed by atoms with van der Waals surface area (Å²) >= 11 is 0. The van der Waals surface area contributed by atoms with E-state index in [1.54, 1.807) is 0 Å². The molecular formula is C19H28F3N5O3. The third-order valence-electron chi connectivity index (χ3n) is 5.65. The third-order valence-corrected chi connectivity index (χ3v) is 5.65. The van der Waals surface area contributed by atoms with Crippen molar-refractivity contribution in [3.05, 3.63) is 18.0 Å². The van der Waals surface area contributed by atoms with Gasteiger partial charge in [0.15, 0.2) is 0 Å². The minimum Gasteiger partial charge on any atom is -0.475 e. The number of amides is 1. The molecular weight excluding hydrogens is 403 g/mol. The molecule has 1 spiro atoms. The van der Waals surface area contributed by atoms with Crippen LogP contribution < -0.4 is 4.90 Å². The van der Waals surface area contributed by atoms with Crippen LogP contribution in [0.1, 0.15) is 32.3 Å². The Morgan fingerprint density at radius 1 is 1.13 bits per heavy atom. The van der Waals surface area contributed by atoms with E-state index in [0.717, 1.165) is 63.5 Å². The highest BCUT2D eigenvalue weighted by Crippen LogP contribution is 2.34. The lowest BCUT2D eigenvalue weighted by Crippen LogP contribution is -2.68. The van der Waals surface area contributed by atoms with E-state index in [1.807, 2.05) is 24.3 Å². The number of nitrogens with zero attached hydrogens (tertiary/aromatic N) is 5. The van der Waals surface area contributed by atoms with Gasteiger partial charge in [-0.1, -0.05) is 13.8 Å². The molecule has 0 aliphatic carbocycles. The SMILES string of the molecule is CCc1cnc(N2CCC3(CC2)C(=O)N(C)CCN3CC)nc1.O=C(O)C(F)(F)F. The van der Waals surface area contributed by atoms with Gasteiger partial charge in [-0.2, -0.15) is 13.2 Å². The average Bonchev–Trinajstić information content (AvgIpc) is 2.73. The van der Waals surface area contributed by atoms with Gasteiger partial charge in [-0.15, -0.1) is 0 Å². The van der Waals surface area contributed by atoms with Gasteiger partial charge in [0.05, 0.1) is 0 Å². The van der Waals surface area contributed by atoms with Crippen molar-refractivity contribution in [3.63, 3.8) is 0 Å². The Kier molecular flexibility index (Phi) is 7.62. The zero-order chi connectivity index (χ0) is 22.5. The van der Waals surface area contributed by atoms with Crippen LogP contribution in [0.25, 0.3) is 0 Å². The number of aliphatic carboxylic acids is 1. The van der Waals surface area contributed by atoms with E-state index < -0.39 is 12.1 Å². The van der Waals surface area contributed by atoms with Crippen molar-refractivity contribution in [2.45, 2.75) is 44.8 Å². The molecule has 0 bridgehead atoms. The molecule has 0 radical (unpaired) electrons. The van der Waals surface area contributed by atoms with Crippen LogP contribution in [-0.2, 0) is 16.0 Å². The number of carbonyl (C=O) groups is 2. The van der Waals surface area contributed by atoms with Crippen molar-refractivity contribution in [2.24, 2.45) is 0 Å². The number of aryl methyl sites for hydroxylation is 1. The van der Waals surface area contributed by atoms with Crippen molar-refractivity contribution < 1.29 is 27.9 Å². The molecule has 11 heteroatoms. The lowest BCUT2D eigenvalue weighted by atomic mass is 9.82. The maximum absolute atomic E-state index is 12.8. The van der Waals surface area contributed by atoms with Gasteiger partial charge in [0.2, 0.25) is 11.9 Å². The first-order valence-electron chi connectivity index (χ1n) is 9.91. The van der Waals surface area contributed by atoms with Crippen LogP contribution in [0.4, 0.5) is 19.1 Å². The minimum absolute atomic E-state index is 0.285. The van der Waals surface area contributed by atoms with Crippen LogP contribution in [0, 0.1) is 0 Å². The number of hydrogen-bond donors (Lipinski definition) is 1. The number of carboxylic acids is 1. The standard InChI is InChI=1S/C17H27N5O.C2HF3O2/c1-4-14-12-18-16(19-13-14)21-8-6-17(7-9-21)15(23)20(3)10-11-22(17)5-2;3-2(4,5)1(6)7/h12-13H,4-11H2,1-3H3;(H,6,7). The normalized spacial score (nSPS) is 19.5. The van der Waals surface area contributed by atoms with Crippen LogP contribution in [0.15, 0.2) is 12.4 Å². The Bertz CT molecular complexity index is 734. The van der Waals surface area contributed by atoms with Crippen LogP contribution >= 0.6 is 0 Å². The Morgan fingerprint density at radius 2 is 1.67 bits per heavy atom. The Labute approximate surface area is 173 Å². The number of aromatic nitrogens is 2. The maximum Gasteiger partial charge on any atom is 0.490 e. The van der Waals surface area contributed by atoms with Gasteiger partial charge in [0, 0.05) is 45.6 Å². The highest BCUT2D eigenvalue weighted by molar-refractivity contribution is 5.87. The van der Waals surface area contributed by atoms with Crippen molar-refractivity contribution in [1.29, 1.82) is 0 Å². The summed E-state index contributed by atoms with van der Waals surface area (Å²) in [6.07, 6.45) is 1.39. The van der Waals surface area contributed by atoms with Crippen LogP contribution in [0.2, 0.25) is 0 Å². The zero-order valence-corrected chi connectivity index (χ0v) is 17.4. The predicted octanol–water partition coefficient (Wildman–Crippen LogP) is 1.81. The summed E-state index contributed by atoms with van der Waals surface area (Å²) in [6.45, 7) is 8.66. The summed E-state index contributed by atoms with van der Waals surface area (Å²) in [5.74, 6) is -1.68. The minimum atomic E-state index is -5.08. The van der Waals surface area contributed by atoms with Gasteiger partial charge >= 0.3 is 12.1 Å². The molecule has 8 nitrogen and oxygen atoms in total. The zero-order valence-electron chi connectivity index (χ0n) is 17.4. The highest BCUT2D eigenvalue weighted by atomic mass is 19.4. The lowest BCUT2D eigenvalue weighted by Gasteiger charge is -2.52. The molecule has 2 aliphatic rings. The molecule has 3 heterocycles. The number of carboxylic acid groups (broad SMARTS) is 1. The molecule has 168 valence electrons. The van der Waals surface area contributed by atoms with Crippen LogP contribution in [0.3, 0.4) is 0 Å². The molecule has 2 fully saturated rings. The molecule has 0 unspecified atom stereocenters. The molecule has 1 aromatic rings. The van der Waals surface area contributed by atoms with Gasteiger partial charge < -0.3 is 14.9 Å². The van der Waals surface area contributed by atoms with E-state index >= 15 is 0 Å². The van der Waals surface area contributed by atoms with E-state index in [-0.39, 0.29) is 11.4 Å². The van der Waals surface area contributed by atoms with Crippen molar-refractivity contribution in [1.82, 2.24) is 19.8 Å². The first kappa shape index (κ1) is 23.8. The molecule has 0 saturated carbocycles. The van der Waals surface area contributed by atoms with E-state index in [4.69, 9.17) is 9.90 Å². The Balaban J connectivity index is 0.000000396. The number of halogens is 3. The average molecular weight is 431 g/mol. The molecule has 3 rings (SSSR count). The number of piperidine rings is 1. The van der Waals surface area contributed by atoms with Crippen LogP contribution in [0.5, 0.6) is 0 Å². The van der Waals surface area contributed by atoms with Gasteiger partial charge in [-0.25, -0.2) is 14.8 Å². The Hall–Kier alpha value is -2.43. The predicted molar refractivity (Wildman–Crippen MR) is 104 cm³/mol. The molecule has 1 N–H and O–H groups in total. The third kappa shape index (κ3) is 5.18. The van der Waals surface area contributed by atoms with E-state index in [9.17, 15) is 18.0 Å². The Morgan fingerprint density at radius 3 is 2.10 bits per heavy atom. The largest absolute Gasteiger partial charge is 0.490 e. The van der Waals surface area contributed by atoms with E-state index in [0.29, 0.717) is 0 Å². The topological polar surface area (TPSA) is 89.9 Å². The number of rotatable bonds is 3. The quantitative estimate of drug-likeness (QED) is 0.781. The molecule has 1 amide bonds. The smallest absolute Gasteiger partial charge is 0.475 e. The molecule has 30 heavy (non-hydrogen) atoms. The first-order chi connectivity index (χ1) is 14.0. The van der Waals surface area contributed by atoms with Crippen molar-refractivity contribution >= 4 is 17.8 Å². The van der Waals surface area contributed by atoms with E-state index in [1.165, 1.54) is 0 Å². The number of carbonyl (C=O) groups excluding carboxylic acids is 1. The summed E-state index contributed by atoms with van der Waals surface area (Å²) in [4.78, 5) is 37.2. The van der Waals surface area contributed by atoms with Gasteiger partial charge in [-0.3, -0.25) is 9.69 Å². The molecule has 2 aliphatic heterocycles. The number of alkyl halides is 3. The molecule has 1 aromatic heterocycles. The highest BCUT2D eigenvalue weighted by Gasteiger charge is 2.49. The fourth-order valence-electron chi connectivity index (χ4n) is 3.84. The lowest BCUT2D eigenvalue weighted by molar-refractivity contribution is -0.192. The summed E-state index contributed by atoms with van der Waals surface area (Å²) < 4.78 is 31.7. The first-order valence-corrected chi connectivity index (χ1v) is 9.91. The van der Waals surface area contributed by atoms with Crippen molar-refractivity contribution in [3.8, 4) is 0 Å². The number of likely N-dealkylation sites (N-methyl/N-ethyl adjacent to an activating group) is 2.